The smallest absolute Gasteiger partial charge is 0.125 e. The molecule has 1 fully saturated rings. The van der Waals surface area contributed by atoms with Gasteiger partial charge >= 0.3 is 0 Å². The predicted octanol–water partition coefficient (Wildman–Crippen LogP) is 3.48. The molecule has 0 unspecified atom stereocenters. The first-order valence-corrected chi connectivity index (χ1v) is 6.64. The molecule has 1 aliphatic carbocycles. The molecule has 2 nitrogen and oxygen atoms in total. The van der Waals surface area contributed by atoms with Gasteiger partial charge in [-0.05, 0) is 56.5 Å². The van der Waals surface area contributed by atoms with Crippen LogP contribution in [0.1, 0.15) is 30.9 Å². The third kappa shape index (κ3) is 2.93. The summed E-state index contributed by atoms with van der Waals surface area (Å²) in [4.78, 5) is 0. The summed E-state index contributed by atoms with van der Waals surface area (Å²) >= 11 is 6.01. The van der Waals surface area contributed by atoms with Crippen LogP contribution in [0.2, 0.25) is 5.02 Å². The van der Waals surface area contributed by atoms with Crippen LogP contribution in [-0.4, -0.2) is 18.7 Å². The van der Waals surface area contributed by atoms with Gasteiger partial charge in [-0.3, -0.25) is 0 Å². The molecule has 2 rings (SSSR count). The zero-order valence-corrected chi connectivity index (χ0v) is 11.5. The molecular weight excluding hydrogens is 234 g/mol. The maximum Gasteiger partial charge on any atom is 0.125 e. The number of hydrogen-bond donors (Lipinski definition) is 1. The Kier molecular flexibility index (Phi) is 3.95. The van der Waals surface area contributed by atoms with Crippen LogP contribution in [0.5, 0.6) is 5.75 Å². The summed E-state index contributed by atoms with van der Waals surface area (Å²) in [5.74, 6) is 1.01. The van der Waals surface area contributed by atoms with Gasteiger partial charge in [0.15, 0.2) is 0 Å². The van der Waals surface area contributed by atoms with E-state index in [1.54, 1.807) is 0 Å². The molecule has 3 heteroatoms. The Morgan fingerprint density at radius 1 is 1.29 bits per heavy atom. The van der Waals surface area contributed by atoms with Crippen LogP contribution in [0.25, 0.3) is 0 Å². The minimum absolute atomic E-state index is 0.359. The predicted molar refractivity (Wildman–Crippen MR) is 72.0 cm³/mol. The van der Waals surface area contributed by atoms with Crippen molar-refractivity contribution >= 4 is 11.6 Å². The highest BCUT2D eigenvalue weighted by atomic mass is 35.5. The molecule has 1 N–H and O–H groups in total. The number of ether oxygens (including phenoxy) is 1. The lowest BCUT2D eigenvalue weighted by atomic mass is 9.89. The Bertz CT molecular complexity index is 376. The van der Waals surface area contributed by atoms with E-state index in [1.807, 2.05) is 12.1 Å². The maximum absolute atomic E-state index is 6.04. The first-order valence-electron chi connectivity index (χ1n) is 6.27. The Hall–Kier alpha value is -0.730. The van der Waals surface area contributed by atoms with Crippen molar-refractivity contribution in [2.75, 3.05) is 6.54 Å². The average Bonchev–Trinajstić information content (AvgIpc) is 2.18. The average molecular weight is 254 g/mol. The van der Waals surface area contributed by atoms with Crippen molar-refractivity contribution in [1.29, 1.82) is 0 Å². The van der Waals surface area contributed by atoms with Crippen molar-refractivity contribution < 1.29 is 4.74 Å². The third-order valence-electron chi connectivity index (χ3n) is 3.30. The Labute approximate surface area is 108 Å². The van der Waals surface area contributed by atoms with E-state index in [0.29, 0.717) is 12.1 Å². The molecule has 0 bridgehead atoms. The van der Waals surface area contributed by atoms with Crippen LogP contribution in [0.3, 0.4) is 0 Å². The van der Waals surface area contributed by atoms with E-state index >= 15 is 0 Å². The Morgan fingerprint density at radius 3 is 2.41 bits per heavy atom. The summed E-state index contributed by atoms with van der Waals surface area (Å²) in [6.07, 6.45) is 2.57. The number of halogens is 1. The SMILES string of the molecule is CCNC1CC(Oc2c(C)cc(Cl)cc2C)C1. The van der Waals surface area contributed by atoms with Crippen molar-refractivity contribution in [2.24, 2.45) is 0 Å². The molecule has 0 amide bonds. The van der Waals surface area contributed by atoms with Crippen LogP contribution in [0, 0.1) is 13.8 Å². The van der Waals surface area contributed by atoms with Crippen LogP contribution < -0.4 is 10.1 Å². The molecule has 0 atom stereocenters. The van der Waals surface area contributed by atoms with Crippen molar-refractivity contribution in [3.63, 3.8) is 0 Å². The normalized spacial score (nSPS) is 23.3. The summed E-state index contributed by atoms with van der Waals surface area (Å²) < 4.78 is 6.04. The fourth-order valence-corrected chi connectivity index (χ4v) is 2.69. The molecule has 1 aromatic rings. The lowest BCUT2D eigenvalue weighted by molar-refractivity contribution is 0.0846. The maximum atomic E-state index is 6.04. The summed E-state index contributed by atoms with van der Waals surface area (Å²) in [5.41, 5.74) is 2.25. The highest BCUT2D eigenvalue weighted by Crippen LogP contribution is 2.32. The number of aryl methyl sites for hydroxylation is 2. The minimum atomic E-state index is 0.359. The fourth-order valence-electron chi connectivity index (χ4n) is 2.37. The Morgan fingerprint density at radius 2 is 1.88 bits per heavy atom. The van der Waals surface area contributed by atoms with Gasteiger partial charge in [0.05, 0.1) is 0 Å². The number of rotatable bonds is 4. The van der Waals surface area contributed by atoms with Gasteiger partial charge in [0, 0.05) is 11.1 Å². The van der Waals surface area contributed by atoms with Gasteiger partial charge in [0.1, 0.15) is 11.9 Å². The van der Waals surface area contributed by atoms with E-state index in [4.69, 9.17) is 16.3 Å². The largest absolute Gasteiger partial charge is 0.490 e. The second kappa shape index (κ2) is 5.28. The molecule has 0 aliphatic heterocycles. The Balaban J connectivity index is 1.97. The topological polar surface area (TPSA) is 21.3 Å². The van der Waals surface area contributed by atoms with Crippen LogP contribution in [0.15, 0.2) is 12.1 Å². The molecule has 0 aromatic heterocycles. The molecule has 1 aliphatic rings. The quantitative estimate of drug-likeness (QED) is 0.887. The lowest BCUT2D eigenvalue weighted by Crippen LogP contribution is -2.46. The van der Waals surface area contributed by atoms with Gasteiger partial charge < -0.3 is 10.1 Å². The van der Waals surface area contributed by atoms with Gasteiger partial charge in [0.2, 0.25) is 0 Å². The van der Waals surface area contributed by atoms with E-state index in [2.05, 4.69) is 26.1 Å². The molecule has 17 heavy (non-hydrogen) atoms. The number of nitrogens with one attached hydrogen (secondary N) is 1. The highest BCUT2D eigenvalue weighted by molar-refractivity contribution is 6.30. The zero-order chi connectivity index (χ0) is 12.4. The summed E-state index contributed by atoms with van der Waals surface area (Å²) in [6.45, 7) is 7.28. The molecule has 0 radical (unpaired) electrons. The van der Waals surface area contributed by atoms with E-state index < -0.39 is 0 Å². The van der Waals surface area contributed by atoms with Gasteiger partial charge in [-0.1, -0.05) is 18.5 Å². The highest BCUT2D eigenvalue weighted by Gasteiger charge is 2.30. The van der Waals surface area contributed by atoms with Gasteiger partial charge in [-0.2, -0.15) is 0 Å². The van der Waals surface area contributed by atoms with E-state index in [0.717, 1.165) is 41.3 Å². The fraction of sp³-hybridized carbons (Fsp3) is 0.571. The first-order chi connectivity index (χ1) is 8.10. The molecule has 0 saturated heterocycles. The van der Waals surface area contributed by atoms with Crippen molar-refractivity contribution in [1.82, 2.24) is 5.32 Å². The molecule has 1 aromatic carbocycles. The van der Waals surface area contributed by atoms with Crippen molar-refractivity contribution in [3.8, 4) is 5.75 Å². The van der Waals surface area contributed by atoms with E-state index in [9.17, 15) is 0 Å². The molecule has 94 valence electrons. The summed E-state index contributed by atoms with van der Waals surface area (Å²) in [6, 6.07) is 4.56. The van der Waals surface area contributed by atoms with Gasteiger partial charge in [-0.15, -0.1) is 0 Å². The van der Waals surface area contributed by atoms with Crippen molar-refractivity contribution in [3.05, 3.63) is 28.3 Å². The van der Waals surface area contributed by atoms with Crippen LogP contribution in [0.4, 0.5) is 0 Å². The van der Waals surface area contributed by atoms with E-state index in [1.165, 1.54) is 0 Å². The monoisotopic (exact) mass is 253 g/mol. The standard InChI is InChI=1S/C14H20ClNO/c1-4-16-12-7-13(8-12)17-14-9(2)5-11(15)6-10(14)3/h5-6,12-13,16H,4,7-8H2,1-3H3. The summed E-state index contributed by atoms with van der Waals surface area (Å²) in [5, 5.41) is 4.22. The van der Waals surface area contributed by atoms with Gasteiger partial charge in [-0.25, -0.2) is 0 Å². The summed E-state index contributed by atoms with van der Waals surface area (Å²) in [7, 11) is 0. The second-order valence-electron chi connectivity index (χ2n) is 4.83. The molecule has 0 heterocycles. The minimum Gasteiger partial charge on any atom is -0.490 e. The molecule has 1 saturated carbocycles. The van der Waals surface area contributed by atoms with Crippen LogP contribution >= 0.6 is 11.6 Å². The van der Waals surface area contributed by atoms with Crippen molar-refractivity contribution in [2.45, 2.75) is 45.8 Å². The lowest BCUT2D eigenvalue weighted by Gasteiger charge is -2.36. The first kappa shape index (κ1) is 12.7. The second-order valence-corrected chi connectivity index (χ2v) is 5.27. The zero-order valence-electron chi connectivity index (χ0n) is 10.7. The van der Waals surface area contributed by atoms with E-state index in [-0.39, 0.29) is 0 Å². The third-order valence-corrected chi connectivity index (χ3v) is 3.52. The van der Waals surface area contributed by atoms with Gasteiger partial charge in [0.25, 0.3) is 0 Å². The number of hydrogen-bond acceptors (Lipinski definition) is 2. The molecule has 0 spiro atoms. The number of benzene rings is 1. The molecular formula is C14H20ClNO. The van der Waals surface area contributed by atoms with Crippen LogP contribution in [-0.2, 0) is 0 Å².